The van der Waals surface area contributed by atoms with Crippen molar-refractivity contribution in [3.8, 4) is 0 Å². The van der Waals surface area contributed by atoms with Gasteiger partial charge in [-0.25, -0.2) is 9.97 Å². The molecule has 1 aromatic rings. The number of piperazine rings is 1. The molecule has 0 spiro atoms. The number of hydrogen-bond acceptors (Lipinski definition) is 5. The molecule has 0 saturated carbocycles. The molecule has 0 unspecified atom stereocenters. The molecule has 0 N–H and O–H groups in total. The number of likely N-dealkylation sites (N-methyl/N-ethyl adjacent to an activating group) is 1. The van der Waals surface area contributed by atoms with E-state index in [-0.39, 0.29) is 5.78 Å². The van der Waals surface area contributed by atoms with Gasteiger partial charge in [-0.15, -0.1) is 0 Å². The fraction of sp³-hybridized carbons (Fsp3) is 0.583. The van der Waals surface area contributed by atoms with Crippen molar-refractivity contribution in [2.75, 3.05) is 38.1 Å². The maximum atomic E-state index is 11.5. The first-order chi connectivity index (χ1) is 8.24. The van der Waals surface area contributed by atoms with Crippen LogP contribution in [0.25, 0.3) is 0 Å². The zero-order chi connectivity index (χ0) is 11.8. The number of rotatable bonds is 1. The van der Waals surface area contributed by atoms with Crippen LogP contribution in [0.2, 0.25) is 0 Å². The fourth-order valence-corrected chi connectivity index (χ4v) is 2.36. The van der Waals surface area contributed by atoms with Crippen LogP contribution in [0.15, 0.2) is 6.20 Å². The van der Waals surface area contributed by atoms with Gasteiger partial charge in [0.15, 0.2) is 5.78 Å². The van der Waals surface area contributed by atoms with Crippen molar-refractivity contribution >= 4 is 11.7 Å². The van der Waals surface area contributed by atoms with Gasteiger partial charge in [0.2, 0.25) is 5.95 Å². The lowest BCUT2D eigenvalue weighted by Gasteiger charge is -2.32. The molecule has 1 aliphatic carbocycles. The zero-order valence-electron chi connectivity index (χ0n) is 10.0. The topological polar surface area (TPSA) is 49.3 Å². The maximum Gasteiger partial charge on any atom is 0.225 e. The zero-order valence-corrected chi connectivity index (χ0v) is 10.0. The molecule has 0 bridgehead atoms. The third kappa shape index (κ3) is 1.91. The molecule has 1 fully saturated rings. The highest BCUT2D eigenvalue weighted by molar-refractivity contribution is 5.99. The average Bonchev–Trinajstić information content (AvgIpc) is 2.72. The number of fused-ring (bicyclic) bond motifs is 1. The Bertz CT molecular complexity index is 452. The molecular weight excluding hydrogens is 216 g/mol. The van der Waals surface area contributed by atoms with Crippen molar-refractivity contribution in [1.82, 2.24) is 14.9 Å². The molecule has 1 aromatic heterocycles. The van der Waals surface area contributed by atoms with E-state index < -0.39 is 0 Å². The third-order valence-corrected chi connectivity index (χ3v) is 3.53. The second-order valence-electron chi connectivity index (χ2n) is 4.74. The normalized spacial score (nSPS) is 20.8. The summed E-state index contributed by atoms with van der Waals surface area (Å²) < 4.78 is 0. The molecule has 0 aromatic carbocycles. The Labute approximate surface area is 100 Å². The van der Waals surface area contributed by atoms with E-state index in [0.717, 1.165) is 49.8 Å². The van der Waals surface area contributed by atoms with Gasteiger partial charge in [-0.3, -0.25) is 4.79 Å². The van der Waals surface area contributed by atoms with Crippen LogP contribution in [0.5, 0.6) is 0 Å². The molecule has 1 aliphatic heterocycles. The number of nitrogens with zero attached hydrogens (tertiary/aromatic N) is 4. The van der Waals surface area contributed by atoms with Crippen molar-refractivity contribution in [1.29, 1.82) is 0 Å². The Morgan fingerprint density at radius 2 is 1.94 bits per heavy atom. The van der Waals surface area contributed by atoms with Crippen LogP contribution < -0.4 is 4.90 Å². The van der Waals surface area contributed by atoms with Crippen LogP contribution in [-0.2, 0) is 6.42 Å². The van der Waals surface area contributed by atoms with Gasteiger partial charge >= 0.3 is 0 Å². The molecule has 2 heterocycles. The van der Waals surface area contributed by atoms with E-state index in [2.05, 4.69) is 26.8 Å². The molecule has 0 atom stereocenters. The van der Waals surface area contributed by atoms with Crippen LogP contribution in [-0.4, -0.2) is 53.9 Å². The van der Waals surface area contributed by atoms with E-state index in [0.29, 0.717) is 6.42 Å². The Morgan fingerprint density at radius 3 is 2.71 bits per heavy atom. The Balaban J connectivity index is 1.83. The van der Waals surface area contributed by atoms with E-state index in [1.165, 1.54) is 0 Å². The summed E-state index contributed by atoms with van der Waals surface area (Å²) in [7, 11) is 2.12. The summed E-state index contributed by atoms with van der Waals surface area (Å²) in [5, 5.41) is 0. The molecule has 17 heavy (non-hydrogen) atoms. The van der Waals surface area contributed by atoms with Crippen molar-refractivity contribution in [3.05, 3.63) is 17.5 Å². The number of carbonyl (C=O) groups is 1. The van der Waals surface area contributed by atoms with Crippen LogP contribution in [0.4, 0.5) is 5.95 Å². The molecule has 0 amide bonds. The van der Waals surface area contributed by atoms with Gasteiger partial charge in [0.1, 0.15) is 0 Å². The molecule has 2 aliphatic rings. The Hall–Kier alpha value is -1.49. The number of anilines is 1. The third-order valence-electron chi connectivity index (χ3n) is 3.53. The Morgan fingerprint density at radius 1 is 1.18 bits per heavy atom. The lowest BCUT2D eigenvalue weighted by molar-refractivity contribution is 0.0994. The average molecular weight is 232 g/mol. The summed E-state index contributed by atoms with van der Waals surface area (Å²) in [5.41, 5.74) is 1.65. The number of aryl methyl sites for hydroxylation is 1. The van der Waals surface area contributed by atoms with Crippen LogP contribution in [0, 0.1) is 0 Å². The van der Waals surface area contributed by atoms with Gasteiger partial charge in [0.05, 0.1) is 11.3 Å². The Kier molecular flexibility index (Phi) is 2.55. The van der Waals surface area contributed by atoms with E-state index >= 15 is 0 Å². The minimum atomic E-state index is 0.185. The summed E-state index contributed by atoms with van der Waals surface area (Å²) in [6.07, 6.45) is 3.07. The van der Waals surface area contributed by atoms with Gasteiger partial charge in [0, 0.05) is 38.8 Å². The van der Waals surface area contributed by atoms with E-state index in [9.17, 15) is 4.79 Å². The van der Waals surface area contributed by atoms with Gasteiger partial charge < -0.3 is 9.80 Å². The summed E-state index contributed by atoms with van der Waals surface area (Å²) in [6.45, 7) is 4.01. The number of carbonyl (C=O) groups excluding carboxylic acids is 1. The largest absolute Gasteiger partial charge is 0.338 e. The number of ketones is 1. The highest BCUT2D eigenvalue weighted by Gasteiger charge is 2.24. The summed E-state index contributed by atoms with van der Waals surface area (Å²) in [5.74, 6) is 0.969. The highest BCUT2D eigenvalue weighted by atomic mass is 16.1. The second kappa shape index (κ2) is 4.07. The molecule has 5 nitrogen and oxygen atoms in total. The smallest absolute Gasteiger partial charge is 0.225 e. The van der Waals surface area contributed by atoms with Crippen molar-refractivity contribution in [2.45, 2.75) is 12.8 Å². The first-order valence-electron chi connectivity index (χ1n) is 6.06. The standard InChI is InChI=1S/C12H16N4O/c1-15-4-6-16(7-5-15)12-13-8-9-10(14-12)2-3-11(9)17/h8H,2-7H2,1H3. The number of Topliss-reactive ketones (excluding diaryl/α,β-unsaturated/α-hetero) is 1. The summed E-state index contributed by atoms with van der Waals surface area (Å²) in [6, 6.07) is 0. The van der Waals surface area contributed by atoms with E-state index in [4.69, 9.17) is 0 Å². The molecular formula is C12H16N4O. The molecule has 1 saturated heterocycles. The predicted molar refractivity (Wildman–Crippen MR) is 64.4 cm³/mol. The summed E-state index contributed by atoms with van der Waals surface area (Å²) >= 11 is 0. The number of hydrogen-bond donors (Lipinski definition) is 0. The SMILES string of the molecule is CN1CCN(c2ncc3c(n2)CCC3=O)CC1. The van der Waals surface area contributed by atoms with Crippen LogP contribution in [0.3, 0.4) is 0 Å². The van der Waals surface area contributed by atoms with Crippen LogP contribution >= 0.6 is 0 Å². The highest BCUT2D eigenvalue weighted by Crippen LogP contribution is 2.21. The maximum absolute atomic E-state index is 11.5. The van der Waals surface area contributed by atoms with E-state index in [1.807, 2.05) is 0 Å². The van der Waals surface area contributed by atoms with Gasteiger partial charge in [-0.05, 0) is 13.5 Å². The fourth-order valence-electron chi connectivity index (χ4n) is 2.36. The van der Waals surface area contributed by atoms with Crippen molar-refractivity contribution < 1.29 is 4.79 Å². The lowest BCUT2D eigenvalue weighted by Crippen LogP contribution is -2.45. The number of aromatic nitrogens is 2. The molecule has 3 rings (SSSR count). The van der Waals surface area contributed by atoms with E-state index in [1.54, 1.807) is 6.20 Å². The quantitative estimate of drug-likeness (QED) is 0.699. The van der Waals surface area contributed by atoms with Crippen molar-refractivity contribution in [3.63, 3.8) is 0 Å². The minimum Gasteiger partial charge on any atom is -0.338 e. The predicted octanol–water partition coefficient (Wildman–Crippen LogP) is 0.357. The van der Waals surface area contributed by atoms with Gasteiger partial charge in [-0.2, -0.15) is 0 Å². The molecule has 0 radical (unpaired) electrons. The molecule has 90 valence electrons. The summed E-state index contributed by atoms with van der Waals surface area (Å²) in [4.78, 5) is 24.8. The minimum absolute atomic E-state index is 0.185. The lowest BCUT2D eigenvalue weighted by atomic mass is 10.2. The molecule has 5 heteroatoms. The first kappa shape index (κ1) is 10.7. The van der Waals surface area contributed by atoms with Gasteiger partial charge in [-0.1, -0.05) is 0 Å². The second-order valence-corrected chi connectivity index (χ2v) is 4.74. The van der Waals surface area contributed by atoms with Crippen molar-refractivity contribution in [2.24, 2.45) is 0 Å². The monoisotopic (exact) mass is 232 g/mol. The van der Waals surface area contributed by atoms with Crippen LogP contribution in [0.1, 0.15) is 22.5 Å². The van der Waals surface area contributed by atoms with Gasteiger partial charge in [0.25, 0.3) is 0 Å². The first-order valence-corrected chi connectivity index (χ1v) is 6.06.